The van der Waals surface area contributed by atoms with Gasteiger partial charge in [-0.1, -0.05) is 18.5 Å². The molecule has 4 nitrogen and oxygen atoms in total. The maximum absolute atomic E-state index is 6.02. The molecule has 0 N–H and O–H groups in total. The second kappa shape index (κ2) is 4.77. The van der Waals surface area contributed by atoms with Crippen LogP contribution in [0.4, 0.5) is 5.82 Å². The molecule has 15 heavy (non-hydrogen) atoms. The molecule has 0 spiro atoms. The largest absolute Gasteiger partial charge is 0.377 e. The van der Waals surface area contributed by atoms with Crippen molar-refractivity contribution in [2.24, 2.45) is 0 Å². The lowest BCUT2D eigenvalue weighted by molar-refractivity contribution is 0.0925. The van der Waals surface area contributed by atoms with Crippen LogP contribution in [-0.4, -0.2) is 35.8 Å². The zero-order chi connectivity index (χ0) is 10.7. The van der Waals surface area contributed by atoms with Crippen LogP contribution in [-0.2, 0) is 4.74 Å². The summed E-state index contributed by atoms with van der Waals surface area (Å²) in [6, 6.07) is 0.355. The van der Waals surface area contributed by atoms with Crippen molar-refractivity contribution in [3.05, 3.63) is 17.5 Å². The number of rotatable bonds is 2. The highest BCUT2D eigenvalue weighted by atomic mass is 35.5. The van der Waals surface area contributed by atoms with E-state index >= 15 is 0 Å². The van der Waals surface area contributed by atoms with E-state index in [0.29, 0.717) is 11.2 Å². The minimum Gasteiger partial charge on any atom is -0.377 e. The zero-order valence-corrected chi connectivity index (χ0v) is 9.44. The normalized spacial score (nSPS) is 21.7. The van der Waals surface area contributed by atoms with Crippen molar-refractivity contribution in [3.63, 3.8) is 0 Å². The summed E-state index contributed by atoms with van der Waals surface area (Å²) in [6.45, 7) is 4.43. The Morgan fingerprint density at radius 3 is 3.07 bits per heavy atom. The molecule has 0 aromatic carbocycles. The maximum atomic E-state index is 6.02. The van der Waals surface area contributed by atoms with Crippen molar-refractivity contribution in [2.45, 2.75) is 19.4 Å². The second-order valence-corrected chi connectivity index (χ2v) is 3.86. The molecule has 0 bridgehead atoms. The number of hydrogen-bond donors (Lipinski definition) is 0. The number of aromatic nitrogens is 2. The third-order valence-corrected chi connectivity index (χ3v) is 2.87. The van der Waals surface area contributed by atoms with Crippen LogP contribution in [0, 0.1) is 0 Å². The molecule has 0 radical (unpaired) electrons. The van der Waals surface area contributed by atoms with Crippen LogP contribution < -0.4 is 4.90 Å². The van der Waals surface area contributed by atoms with Gasteiger partial charge in [-0.3, -0.25) is 0 Å². The van der Waals surface area contributed by atoms with Gasteiger partial charge in [0.2, 0.25) is 0 Å². The highest BCUT2D eigenvalue weighted by Gasteiger charge is 2.24. The third-order valence-electron chi connectivity index (χ3n) is 2.61. The van der Waals surface area contributed by atoms with E-state index in [9.17, 15) is 0 Å². The smallest absolute Gasteiger partial charge is 0.171 e. The number of halogens is 1. The van der Waals surface area contributed by atoms with Crippen LogP contribution in [0.2, 0.25) is 5.15 Å². The molecule has 1 aliphatic heterocycles. The molecule has 2 heterocycles. The molecule has 1 atom stereocenters. The minimum absolute atomic E-state index is 0.355. The highest BCUT2D eigenvalue weighted by molar-refractivity contribution is 6.31. The maximum Gasteiger partial charge on any atom is 0.171 e. The van der Waals surface area contributed by atoms with E-state index in [0.717, 1.165) is 32.0 Å². The average Bonchev–Trinajstić information content (AvgIpc) is 2.30. The van der Waals surface area contributed by atoms with Crippen molar-refractivity contribution in [2.75, 3.05) is 24.7 Å². The number of hydrogen-bond acceptors (Lipinski definition) is 4. The van der Waals surface area contributed by atoms with Gasteiger partial charge in [-0.05, 0) is 6.42 Å². The lowest BCUT2D eigenvalue weighted by Gasteiger charge is -2.35. The summed E-state index contributed by atoms with van der Waals surface area (Å²) >= 11 is 6.02. The van der Waals surface area contributed by atoms with Crippen LogP contribution in [0.3, 0.4) is 0 Å². The predicted molar refractivity (Wildman–Crippen MR) is 59.3 cm³/mol. The standard InChI is InChI=1S/C10H14ClN3O/c1-2-8-7-15-6-5-14(8)10-9(11)12-3-4-13-10/h3-4,8H,2,5-7H2,1H3. The van der Waals surface area contributed by atoms with E-state index in [4.69, 9.17) is 16.3 Å². The van der Waals surface area contributed by atoms with Crippen molar-refractivity contribution in [3.8, 4) is 0 Å². The van der Waals surface area contributed by atoms with Crippen molar-refractivity contribution in [1.82, 2.24) is 9.97 Å². The fourth-order valence-corrected chi connectivity index (χ4v) is 1.99. The Morgan fingerprint density at radius 1 is 1.53 bits per heavy atom. The molecular formula is C10H14ClN3O. The first kappa shape index (κ1) is 10.6. The Bertz CT molecular complexity index is 334. The van der Waals surface area contributed by atoms with Gasteiger partial charge in [-0.15, -0.1) is 0 Å². The number of ether oxygens (including phenoxy) is 1. The SMILES string of the molecule is CCC1COCCN1c1nccnc1Cl. The molecule has 2 rings (SSSR count). The van der Waals surface area contributed by atoms with Crippen molar-refractivity contribution < 1.29 is 4.74 Å². The molecule has 1 aromatic rings. The Balaban J connectivity index is 2.24. The van der Waals surface area contributed by atoms with Crippen LogP contribution in [0.5, 0.6) is 0 Å². The molecule has 1 aromatic heterocycles. The average molecular weight is 228 g/mol. The predicted octanol–water partition coefficient (Wildman–Crippen LogP) is 1.75. The Hall–Kier alpha value is -0.870. The summed E-state index contributed by atoms with van der Waals surface area (Å²) in [7, 11) is 0. The van der Waals surface area contributed by atoms with Gasteiger partial charge >= 0.3 is 0 Å². The molecule has 1 aliphatic rings. The molecule has 1 fully saturated rings. The lowest BCUT2D eigenvalue weighted by Crippen LogP contribution is -2.45. The van der Waals surface area contributed by atoms with Gasteiger partial charge in [0.25, 0.3) is 0 Å². The monoisotopic (exact) mass is 227 g/mol. The number of morpholine rings is 1. The molecule has 1 saturated heterocycles. The summed E-state index contributed by atoms with van der Waals surface area (Å²) < 4.78 is 5.43. The summed E-state index contributed by atoms with van der Waals surface area (Å²) in [5.41, 5.74) is 0. The minimum atomic E-state index is 0.355. The number of nitrogens with zero attached hydrogens (tertiary/aromatic N) is 3. The Morgan fingerprint density at radius 2 is 2.33 bits per heavy atom. The van der Waals surface area contributed by atoms with E-state index in [1.165, 1.54) is 0 Å². The molecule has 0 aliphatic carbocycles. The Kier molecular flexibility index (Phi) is 3.38. The van der Waals surface area contributed by atoms with Gasteiger partial charge < -0.3 is 9.64 Å². The van der Waals surface area contributed by atoms with Crippen LogP contribution in [0.25, 0.3) is 0 Å². The zero-order valence-electron chi connectivity index (χ0n) is 8.69. The van der Waals surface area contributed by atoms with E-state index in [1.54, 1.807) is 12.4 Å². The molecule has 5 heteroatoms. The first-order chi connectivity index (χ1) is 7.33. The molecule has 0 amide bonds. The Labute approximate surface area is 94.2 Å². The first-order valence-electron chi connectivity index (χ1n) is 5.13. The number of anilines is 1. The molecular weight excluding hydrogens is 214 g/mol. The molecule has 0 saturated carbocycles. The molecule has 1 unspecified atom stereocenters. The van der Waals surface area contributed by atoms with E-state index in [2.05, 4.69) is 21.8 Å². The summed E-state index contributed by atoms with van der Waals surface area (Å²) in [5.74, 6) is 0.773. The molecule has 82 valence electrons. The summed E-state index contributed by atoms with van der Waals surface area (Å²) in [4.78, 5) is 10.5. The van der Waals surface area contributed by atoms with Gasteiger partial charge in [0.1, 0.15) is 0 Å². The first-order valence-corrected chi connectivity index (χ1v) is 5.51. The van der Waals surface area contributed by atoms with Crippen molar-refractivity contribution >= 4 is 17.4 Å². The van der Waals surface area contributed by atoms with Crippen LogP contribution >= 0.6 is 11.6 Å². The second-order valence-electron chi connectivity index (χ2n) is 3.50. The van der Waals surface area contributed by atoms with Crippen LogP contribution in [0.15, 0.2) is 12.4 Å². The summed E-state index contributed by atoms with van der Waals surface area (Å²) in [5, 5.41) is 0.470. The van der Waals surface area contributed by atoms with Gasteiger partial charge in [0, 0.05) is 18.9 Å². The van der Waals surface area contributed by atoms with E-state index in [1.807, 2.05) is 0 Å². The van der Waals surface area contributed by atoms with E-state index < -0.39 is 0 Å². The summed E-state index contributed by atoms with van der Waals surface area (Å²) in [6.07, 6.45) is 4.30. The van der Waals surface area contributed by atoms with Gasteiger partial charge in [-0.25, -0.2) is 9.97 Å². The fourth-order valence-electron chi connectivity index (χ4n) is 1.78. The van der Waals surface area contributed by atoms with Gasteiger partial charge in [-0.2, -0.15) is 0 Å². The quantitative estimate of drug-likeness (QED) is 0.772. The fraction of sp³-hybridized carbons (Fsp3) is 0.600. The van der Waals surface area contributed by atoms with Gasteiger partial charge in [0.15, 0.2) is 11.0 Å². The van der Waals surface area contributed by atoms with Gasteiger partial charge in [0.05, 0.1) is 19.3 Å². The lowest BCUT2D eigenvalue weighted by atomic mass is 10.2. The van der Waals surface area contributed by atoms with Crippen molar-refractivity contribution in [1.29, 1.82) is 0 Å². The third kappa shape index (κ3) is 2.21. The van der Waals surface area contributed by atoms with E-state index in [-0.39, 0.29) is 0 Å². The van der Waals surface area contributed by atoms with Crippen LogP contribution in [0.1, 0.15) is 13.3 Å². The highest BCUT2D eigenvalue weighted by Crippen LogP contribution is 2.24. The topological polar surface area (TPSA) is 38.2 Å².